The molecule has 3 nitrogen and oxygen atoms in total. The number of carbonyl (C=O) groups excluding carboxylic acids is 1. The molecule has 11 heavy (non-hydrogen) atoms. The van der Waals surface area contributed by atoms with Gasteiger partial charge in [0.25, 0.3) is 0 Å². The molecule has 0 radical (unpaired) electrons. The van der Waals surface area contributed by atoms with Gasteiger partial charge in [-0.1, -0.05) is 0 Å². The van der Waals surface area contributed by atoms with Crippen molar-refractivity contribution in [2.24, 2.45) is 0 Å². The highest BCUT2D eigenvalue weighted by Gasteiger charge is 2.36. The summed E-state index contributed by atoms with van der Waals surface area (Å²) in [6.07, 6.45) is -1.25. The van der Waals surface area contributed by atoms with Crippen molar-refractivity contribution in [2.75, 3.05) is 0 Å². The Hall–Kier alpha value is -0.420. The zero-order valence-electron chi connectivity index (χ0n) is 5.01. The Morgan fingerprint density at radius 1 is 1.45 bits per heavy atom. The Morgan fingerprint density at radius 2 is 1.82 bits per heavy atom. The lowest BCUT2D eigenvalue weighted by Gasteiger charge is -2.02. The van der Waals surface area contributed by atoms with Crippen LogP contribution in [0.1, 0.15) is 6.42 Å². The topological polar surface area (TPSA) is 54.4 Å². The summed E-state index contributed by atoms with van der Waals surface area (Å²) < 4.78 is 23.3. The Labute approximate surface area is 71.7 Å². The molecule has 7 heteroatoms. The van der Waals surface area contributed by atoms with E-state index in [9.17, 15) is 18.4 Å². The number of hydrogen-bond donors (Lipinski definition) is 1. The fourth-order valence-electron chi connectivity index (χ4n) is 0.238. The van der Waals surface area contributed by atoms with Gasteiger partial charge in [0.15, 0.2) is 0 Å². The van der Waals surface area contributed by atoms with Crippen molar-refractivity contribution in [2.45, 2.75) is 11.8 Å². The van der Waals surface area contributed by atoms with E-state index in [0.717, 1.165) is 0 Å². The first kappa shape index (κ1) is 13.2. The maximum atomic E-state index is 11.6. The predicted molar refractivity (Wildman–Crippen MR) is 35.3 cm³/mol. The van der Waals surface area contributed by atoms with E-state index in [1.54, 1.807) is 0 Å². The zero-order valence-corrected chi connectivity index (χ0v) is 6.59. The van der Waals surface area contributed by atoms with E-state index in [1.807, 2.05) is 0 Å². The van der Waals surface area contributed by atoms with Gasteiger partial charge in [-0.2, -0.15) is 8.78 Å². The average molecular weight is 209 g/mol. The lowest BCUT2D eigenvalue weighted by atomic mass is 10.3. The normalized spacial score (nSPS) is 10.1. The second kappa shape index (κ2) is 4.46. The molecule has 0 saturated carbocycles. The molecule has 0 fully saturated rings. The monoisotopic (exact) mass is 208 g/mol. The molecule has 0 aromatic carbocycles. The standard InChI is InChI=1S/C4H3ClF2O3.ClH/c5-4(6,7)2(8)1-3(9)10;/h1H2,(H,9,10);1H. The van der Waals surface area contributed by atoms with E-state index < -0.39 is 23.6 Å². The highest BCUT2D eigenvalue weighted by Crippen LogP contribution is 2.20. The van der Waals surface area contributed by atoms with Crippen molar-refractivity contribution < 1.29 is 23.5 Å². The van der Waals surface area contributed by atoms with Gasteiger partial charge in [-0.25, -0.2) is 0 Å². The summed E-state index contributed by atoms with van der Waals surface area (Å²) >= 11 is 4.18. The van der Waals surface area contributed by atoms with Gasteiger partial charge in [0.2, 0.25) is 5.78 Å². The number of carbonyl (C=O) groups is 2. The van der Waals surface area contributed by atoms with Crippen LogP contribution in [-0.4, -0.2) is 22.2 Å². The quantitative estimate of drug-likeness (QED) is 0.562. The van der Waals surface area contributed by atoms with Crippen LogP contribution in [0.2, 0.25) is 0 Å². The Balaban J connectivity index is 0. The van der Waals surface area contributed by atoms with Gasteiger partial charge < -0.3 is 5.11 Å². The molecule has 0 aromatic heterocycles. The van der Waals surface area contributed by atoms with Gasteiger partial charge >= 0.3 is 11.4 Å². The summed E-state index contributed by atoms with van der Waals surface area (Å²) in [5, 5.41) is 3.78. The molecule has 0 aliphatic rings. The van der Waals surface area contributed by atoms with E-state index in [4.69, 9.17) is 5.11 Å². The molecule has 0 unspecified atom stereocenters. The minimum atomic E-state index is -4.06. The van der Waals surface area contributed by atoms with Gasteiger partial charge in [0.05, 0.1) is 0 Å². The zero-order chi connectivity index (χ0) is 8.36. The van der Waals surface area contributed by atoms with Gasteiger partial charge in [-0.15, -0.1) is 12.4 Å². The molecule has 0 spiro atoms. The van der Waals surface area contributed by atoms with Crippen LogP contribution in [0.15, 0.2) is 0 Å². The van der Waals surface area contributed by atoms with Gasteiger partial charge in [0.1, 0.15) is 6.42 Å². The molecule has 0 saturated heterocycles. The lowest BCUT2D eigenvalue weighted by Crippen LogP contribution is -2.23. The smallest absolute Gasteiger partial charge is 0.381 e. The number of Topliss-reactive ketones (excluding diaryl/α,β-unsaturated/α-hetero) is 1. The number of ketones is 1. The van der Waals surface area contributed by atoms with Crippen LogP contribution in [0.3, 0.4) is 0 Å². The molecular weight excluding hydrogens is 205 g/mol. The molecule has 1 N–H and O–H groups in total. The number of halogens is 4. The van der Waals surface area contributed by atoms with Crippen LogP contribution in [0, 0.1) is 0 Å². The van der Waals surface area contributed by atoms with Crippen molar-refractivity contribution in [3.05, 3.63) is 0 Å². The third-order valence-corrected chi connectivity index (χ3v) is 0.839. The molecule has 0 aliphatic carbocycles. The Morgan fingerprint density at radius 3 is 1.91 bits per heavy atom. The van der Waals surface area contributed by atoms with Crippen molar-refractivity contribution in [1.29, 1.82) is 0 Å². The summed E-state index contributed by atoms with van der Waals surface area (Å²) in [5.41, 5.74) is 0. The van der Waals surface area contributed by atoms with Crippen LogP contribution in [0.4, 0.5) is 8.78 Å². The summed E-state index contributed by atoms with van der Waals surface area (Å²) in [7, 11) is 0. The van der Waals surface area contributed by atoms with E-state index in [0.29, 0.717) is 0 Å². The van der Waals surface area contributed by atoms with Gasteiger partial charge in [-0.05, 0) is 11.6 Å². The van der Waals surface area contributed by atoms with E-state index in [1.165, 1.54) is 0 Å². The third-order valence-electron chi connectivity index (χ3n) is 0.628. The summed E-state index contributed by atoms with van der Waals surface area (Å²) in [6.45, 7) is 0. The summed E-state index contributed by atoms with van der Waals surface area (Å²) in [5.74, 6) is -3.42. The molecular formula is C4H4Cl2F2O3. The number of alkyl halides is 3. The van der Waals surface area contributed by atoms with Gasteiger partial charge in [0, 0.05) is 0 Å². The number of carboxylic acids is 1. The number of rotatable bonds is 3. The number of carboxylic acid groups (broad SMARTS) is 1. The fraction of sp³-hybridized carbons (Fsp3) is 0.500. The van der Waals surface area contributed by atoms with E-state index in [-0.39, 0.29) is 12.4 Å². The van der Waals surface area contributed by atoms with E-state index >= 15 is 0 Å². The first-order valence-corrected chi connectivity index (χ1v) is 2.53. The first-order chi connectivity index (χ1) is 4.34. The van der Waals surface area contributed by atoms with Crippen LogP contribution >= 0.6 is 24.0 Å². The second-order valence-electron chi connectivity index (χ2n) is 1.49. The maximum Gasteiger partial charge on any atom is 0.381 e. The molecule has 66 valence electrons. The van der Waals surface area contributed by atoms with Crippen LogP contribution in [0.25, 0.3) is 0 Å². The Bertz CT molecular complexity index is 165. The molecule has 0 rings (SSSR count). The van der Waals surface area contributed by atoms with Crippen molar-refractivity contribution >= 4 is 35.8 Å². The fourth-order valence-corrected chi connectivity index (χ4v) is 0.304. The van der Waals surface area contributed by atoms with Crippen LogP contribution < -0.4 is 0 Å². The Kier molecular flexibility index (Phi) is 5.34. The summed E-state index contributed by atoms with van der Waals surface area (Å²) in [4.78, 5) is 19.7. The number of aliphatic carboxylic acids is 1. The lowest BCUT2D eigenvalue weighted by molar-refractivity contribution is -0.145. The largest absolute Gasteiger partial charge is 0.481 e. The molecule has 0 atom stereocenters. The minimum Gasteiger partial charge on any atom is -0.481 e. The molecule has 0 amide bonds. The van der Waals surface area contributed by atoms with Crippen molar-refractivity contribution in [1.82, 2.24) is 0 Å². The highest BCUT2D eigenvalue weighted by atomic mass is 35.5. The van der Waals surface area contributed by atoms with Crippen molar-refractivity contribution in [3.63, 3.8) is 0 Å². The number of hydrogen-bond acceptors (Lipinski definition) is 2. The van der Waals surface area contributed by atoms with E-state index in [2.05, 4.69) is 11.6 Å². The second-order valence-corrected chi connectivity index (χ2v) is 1.97. The highest BCUT2D eigenvalue weighted by molar-refractivity contribution is 6.33. The summed E-state index contributed by atoms with van der Waals surface area (Å²) in [6, 6.07) is 0. The average Bonchev–Trinajstić information content (AvgIpc) is 1.60. The maximum absolute atomic E-state index is 11.6. The SMILES string of the molecule is Cl.O=C(O)CC(=O)C(F)(F)Cl. The third kappa shape index (κ3) is 6.00. The minimum absolute atomic E-state index is 0. The van der Waals surface area contributed by atoms with Crippen LogP contribution in [-0.2, 0) is 9.59 Å². The van der Waals surface area contributed by atoms with Crippen LogP contribution in [0.5, 0.6) is 0 Å². The van der Waals surface area contributed by atoms with Gasteiger partial charge in [-0.3, -0.25) is 9.59 Å². The predicted octanol–water partition coefficient (Wildman–Crippen LogP) is 1.28. The van der Waals surface area contributed by atoms with Crippen molar-refractivity contribution in [3.8, 4) is 0 Å². The molecule has 0 aliphatic heterocycles. The molecule has 0 aromatic rings. The first-order valence-electron chi connectivity index (χ1n) is 2.16. The molecule has 0 heterocycles. The molecule has 0 bridgehead atoms.